The van der Waals surface area contributed by atoms with Crippen molar-refractivity contribution < 1.29 is 84.3 Å². The maximum Gasteiger partial charge on any atom is 0.229 e. The van der Waals surface area contributed by atoms with Gasteiger partial charge in [0.05, 0.1) is 19.8 Å². The Kier molecular flexibility index (Phi) is 10.8. The second-order valence-electron chi connectivity index (χ2n) is 12.3. The number of phenols is 1. The first kappa shape index (κ1) is 36.5. The lowest BCUT2D eigenvalue weighted by Crippen LogP contribution is -2.60. The van der Waals surface area contributed by atoms with Gasteiger partial charge in [-0.15, -0.1) is 0 Å². The molecule has 274 valence electrons. The van der Waals surface area contributed by atoms with Crippen LogP contribution in [0, 0.1) is 0 Å². The number of phenolic OH excluding ortho intramolecular Hbond substituents is 1. The molecule has 11 N–H and O–H groups in total. The van der Waals surface area contributed by atoms with Gasteiger partial charge in [0.25, 0.3) is 0 Å². The summed E-state index contributed by atoms with van der Waals surface area (Å²) in [7, 11) is 0. The number of aromatic hydroxyl groups is 1. The van der Waals surface area contributed by atoms with Crippen molar-refractivity contribution in [3.05, 3.63) is 58.3 Å². The van der Waals surface area contributed by atoms with E-state index >= 15 is 0 Å². The number of aliphatic hydroxyl groups is 10. The van der Waals surface area contributed by atoms with Crippen molar-refractivity contribution in [2.75, 3.05) is 19.8 Å². The Balaban J connectivity index is 1.26. The topological polar surface area (TPSA) is 299 Å². The highest BCUT2D eigenvalue weighted by Crippen LogP contribution is 2.42. The predicted molar refractivity (Wildman–Crippen MR) is 163 cm³/mol. The lowest BCUT2D eigenvalue weighted by molar-refractivity contribution is -0.325. The molecule has 50 heavy (non-hydrogen) atoms. The molecule has 3 aliphatic rings. The fourth-order valence-electron chi connectivity index (χ4n) is 6.17. The van der Waals surface area contributed by atoms with E-state index in [-0.39, 0.29) is 28.0 Å². The van der Waals surface area contributed by atoms with E-state index in [1.54, 1.807) is 0 Å². The van der Waals surface area contributed by atoms with Gasteiger partial charge >= 0.3 is 0 Å². The first-order valence-corrected chi connectivity index (χ1v) is 15.7. The lowest BCUT2D eigenvalue weighted by atomic mass is 9.89. The van der Waals surface area contributed by atoms with Gasteiger partial charge < -0.3 is 84.3 Å². The summed E-state index contributed by atoms with van der Waals surface area (Å²) in [6.45, 7) is -1.81. The number of hydrogen-bond acceptors (Lipinski definition) is 18. The van der Waals surface area contributed by atoms with Crippen molar-refractivity contribution in [2.24, 2.45) is 0 Å². The molecule has 0 saturated carbocycles. The van der Waals surface area contributed by atoms with Gasteiger partial charge in [0.2, 0.25) is 6.29 Å². The van der Waals surface area contributed by atoms with Gasteiger partial charge in [-0.05, 0) is 36.4 Å². The molecule has 0 aliphatic carbocycles. The van der Waals surface area contributed by atoms with Gasteiger partial charge in [-0.25, -0.2) is 0 Å². The highest BCUT2D eigenvalue weighted by Gasteiger charge is 2.50. The van der Waals surface area contributed by atoms with Gasteiger partial charge in [0, 0.05) is 17.2 Å². The van der Waals surface area contributed by atoms with Gasteiger partial charge in [-0.3, -0.25) is 4.79 Å². The van der Waals surface area contributed by atoms with Crippen LogP contribution in [0.3, 0.4) is 0 Å². The normalized spacial score (nSPS) is 37.9. The number of ether oxygens (including phenoxy) is 5. The van der Waals surface area contributed by atoms with Crippen molar-refractivity contribution in [2.45, 2.75) is 85.8 Å². The maximum atomic E-state index is 13.4. The van der Waals surface area contributed by atoms with Crippen LogP contribution in [0.5, 0.6) is 11.5 Å². The van der Waals surface area contributed by atoms with E-state index in [2.05, 4.69) is 0 Å². The zero-order chi connectivity index (χ0) is 36.0. The molecule has 2 aromatic carbocycles. The third-order valence-corrected chi connectivity index (χ3v) is 9.06. The molecular formula is C32H38O18. The highest BCUT2D eigenvalue weighted by molar-refractivity contribution is 5.86. The van der Waals surface area contributed by atoms with Crippen molar-refractivity contribution in [3.8, 4) is 22.8 Å². The SMILES string of the molecule is O=c1cc(-c2ccc(O[C@H]3O[C@H](CO)[C@@H](O)[C@H](O)[C@H]3O)cc2)oc2ccc([C@@H]3O[C@H](CO)[C@@H](O)[C@H](O)[C@H]3O[C@H]3OC[C@H](O)[C@@H](O)[C@@H]3O)c(O)c12. The molecular weight excluding hydrogens is 672 g/mol. The molecule has 18 nitrogen and oxygen atoms in total. The average molecular weight is 711 g/mol. The molecule has 0 unspecified atom stereocenters. The lowest BCUT2D eigenvalue weighted by Gasteiger charge is -2.45. The molecule has 0 bridgehead atoms. The van der Waals surface area contributed by atoms with Gasteiger partial charge in [0.15, 0.2) is 11.7 Å². The van der Waals surface area contributed by atoms with Crippen molar-refractivity contribution >= 4 is 11.0 Å². The Labute approximate surface area is 282 Å². The fraction of sp³-hybridized carbons (Fsp3) is 0.531. The summed E-state index contributed by atoms with van der Waals surface area (Å²) in [5, 5.41) is 112. The summed E-state index contributed by atoms with van der Waals surface area (Å²) in [5.41, 5.74) is -0.490. The van der Waals surface area contributed by atoms with E-state index in [4.69, 9.17) is 28.1 Å². The zero-order valence-corrected chi connectivity index (χ0v) is 26.0. The van der Waals surface area contributed by atoms with Gasteiger partial charge in [-0.1, -0.05) is 0 Å². The van der Waals surface area contributed by atoms with Crippen LogP contribution >= 0.6 is 0 Å². The van der Waals surface area contributed by atoms with Crippen LogP contribution in [0.4, 0.5) is 0 Å². The quantitative estimate of drug-likeness (QED) is 0.107. The number of rotatable bonds is 8. The number of fused-ring (bicyclic) bond motifs is 1. The number of benzene rings is 2. The Morgan fingerprint density at radius 2 is 1.36 bits per heavy atom. The summed E-state index contributed by atoms with van der Waals surface area (Å²) in [6, 6.07) is 9.66. The predicted octanol–water partition coefficient (Wildman–Crippen LogP) is -3.68. The van der Waals surface area contributed by atoms with Gasteiger partial charge in [0.1, 0.15) is 101 Å². The second-order valence-corrected chi connectivity index (χ2v) is 12.3. The van der Waals surface area contributed by atoms with Crippen molar-refractivity contribution in [1.82, 2.24) is 0 Å². The largest absolute Gasteiger partial charge is 0.507 e. The Morgan fingerprint density at radius 3 is 2.04 bits per heavy atom. The molecule has 3 fully saturated rings. The molecule has 0 amide bonds. The molecule has 3 aliphatic heterocycles. The van der Waals surface area contributed by atoms with E-state index in [0.29, 0.717) is 5.56 Å². The fourth-order valence-corrected chi connectivity index (χ4v) is 6.17. The third-order valence-electron chi connectivity index (χ3n) is 9.06. The Hall–Kier alpha value is -3.31. The summed E-state index contributed by atoms with van der Waals surface area (Å²) >= 11 is 0. The summed E-state index contributed by atoms with van der Waals surface area (Å²) in [6.07, 6.45) is -21.8. The minimum atomic E-state index is -1.78. The first-order valence-electron chi connectivity index (χ1n) is 15.7. The molecule has 4 heterocycles. The van der Waals surface area contributed by atoms with Crippen LogP contribution in [0.2, 0.25) is 0 Å². The van der Waals surface area contributed by atoms with E-state index < -0.39 is 117 Å². The molecule has 18 heteroatoms. The Bertz CT molecular complexity index is 1680. The van der Waals surface area contributed by atoms with Crippen LogP contribution < -0.4 is 10.2 Å². The Morgan fingerprint density at radius 1 is 0.720 bits per heavy atom. The molecule has 1 aromatic heterocycles. The zero-order valence-electron chi connectivity index (χ0n) is 26.0. The summed E-state index contributed by atoms with van der Waals surface area (Å²) in [4.78, 5) is 13.4. The smallest absolute Gasteiger partial charge is 0.229 e. The van der Waals surface area contributed by atoms with E-state index in [9.17, 15) is 61.0 Å². The minimum absolute atomic E-state index is 0.0638. The monoisotopic (exact) mass is 710 g/mol. The van der Waals surface area contributed by atoms with Crippen molar-refractivity contribution in [3.63, 3.8) is 0 Å². The summed E-state index contributed by atoms with van der Waals surface area (Å²) < 4.78 is 33.7. The second kappa shape index (κ2) is 14.7. The van der Waals surface area contributed by atoms with Gasteiger partial charge in [-0.2, -0.15) is 0 Å². The summed E-state index contributed by atoms with van der Waals surface area (Å²) in [5.74, 6) is -0.393. The van der Waals surface area contributed by atoms with Crippen molar-refractivity contribution in [1.29, 1.82) is 0 Å². The number of aliphatic hydroxyl groups excluding tert-OH is 10. The van der Waals surface area contributed by atoms with Crippen LogP contribution in [-0.4, -0.2) is 156 Å². The standard InChI is InChI=1S/C32H38O18/c33-8-18-24(40)26(42)30(50-31-27(43)22(38)15(36)10-45-31)29(48-18)13-5-6-16-20(21(13)37)14(35)7-17(47-16)11-1-3-12(4-2-11)46-32-28(44)25(41)23(39)19(9-34)49-32/h1-7,15,18-19,22-34,36-44H,8-10H2/t15-,18+,19+,22+,23+,24+,25-,26-,27-,28+,29-,30+,31+,32-/m0/s1. The number of hydrogen-bond donors (Lipinski definition) is 11. The van der Waals surface area contributed by atoms with E-state index in [0.717, 1.165) is 6.07 Å². The maximum absolute atomic E-state index is 13.4. The third kappa shape index (κ3) is 6.72. The molecule has 3 aromatic rings. The van der Waals surface area contributed by atoms with Crippen LogP contribution in [0.15, 0.2) is 51.7 Å². The highest BCUT2D eigenvalue weighted by atomic mass is 16.7. The first-order chi connectivity index (χ1) is 23.8. The molecule has 14 atom stereocenters. The average Bonchev–Trinajstić information content (AvgIpc) is 3.11. The van der Waals surface area contributed by atoms with Crippen LogP contribution in [-0.2, 0) is 18.9 Å². The molecule has 6 rings (SSSR count). The molecule has 0 radical (unpaired) electrons. The molecule has 0 spiro atoms. The van der Waals surface area contributed by atoms with Crippen LogP contribution in [0.1, 0.15) is 11.7 Å². The van der Waals surface area contributed by atoms with E-state index in [1.165, 1.54) is 36.4 Å². The van der Waals surface area contributed by atoms with E-state index in [1.807, 2.05) is 0 Å². The molecule has 3 saturated heterocycles. The minimum Gasteiger partial charge on any atom is -0.507 e. The van der Waals surface area contributed by atoms with Crippen LogP contribution in [0.25, 0.3) is 22.3 Å².